The summed E-state index contributed by atoms with van der Waals surface area (Å²) < 4.78 is 0. The zero-order chi connectivity index (χ0) is 12.4. The zero-order valence-electron chi connectivity index (χ0n) is 9.82. The van der Waals surface area contributed by atoms with Crippen LogP contribution in [-0.4, -0.2) is 23.1 Å². The fourth-order valence-electron chi connectivity index (χ4n) is 1.90. The van der Waals surface area contributed by atoms with Crippen LogP contribution in [0, 0.1) is 0 Å². The Morgan fingerprint density at radius 1 is 1.47 bits per heavy atom. The van der Waals surface area contributed by atoms with E-state index in [-0.39, 0.29) is 5.56 Å². The van der Waals surface area contributed by atoms with Crippen molar-refractivity contribution in [2.75, 3.05) is 12.4 Å². The third-order valence-electron chi connectivity index (χ3n) is 2.78. The number of nitrogens with zero attached hydrogens (tertiary/aromatic N) is 1. The summed E-state index contributed by atoms with van der Waals surface area (Å²) in [6, 6.07) is 7.48. The Bertz CT molecular complexity index is 579. The van der Waals surface area contributed by atoms with Crippen molar-refractivity contribution < 1.29 is 9.90 Å². The standard InChI is InChI=1S/C13H14N2O2/c1-3-8-5-4-6-9-7-10(13(16)17)12(14-2)15-11(8)9/h4-7H,3H2,1-2H3,(H,14,15)(H,16,17). The first-order chi connectivity index (χ1) is 8.17. The summed E-state index contributed by atoms with van der Waals surface area (Å²) >= 11 is 0. The third-order valence-corrected chi connectivity index (χ3v) is 2.78. The highest BCUT2D eigenvalue weighted by atomic mass is 16.4. The quantitative estimate of drug-likeness (QED) is 0.850. The molecule has 2 rings (SSSR count). The Hall–Kier alpha value is -2.10. The monoisotopic (exact) mass is 230 g/mol. The van der Waals surface area contributed by atoms with Gasteiger partial charge >= 0.3 is 5.97 Å². The largest absolute Gasteiger partial charge is 0.478 e. The number of rotatable bonds is 3. The SMILES string of the molecule is CCc1cccc2cc(C(=O)O)c(NC)nc12. The molecule has 0 aliphatic carbocycles. The van der Waals surface area contributed by atoms with Crippen molar-refractivity contribution in [1.29, 1.82) is 0 Å². The number of fused-ring (bicyclic) bond motifs is 1. The second-order valence-corrected chi connectivity index (χ2v) is 3.78. The average molecular weight is 230 g/mol. The normalized spacial score (nSPS) is 10.5. The van der Waals surface area contributed by atoms with Gasteiger partial charge in [-0.25, -0.2) is 9.78 Å². The predicted octanol–water partition coefficient (Wildman–Crippen LogP) is 2.54. The molecule has 1 aromatic heterocycles. The number of carboxylic acids is 1. The molecule has 0 radical (unpaired) electrons. The van der Waals surface area contributed by atoms with Gasteiger partial charge in [0, 0.05) is 12.4 Å². The molecule has 1 heterocycles. The molecule has 0 aliphatic rings. The number of aromatic nitrogens is 1. The van der Waals surface area contributed by atoms with Crippen LogP contribution in [0.5, 0.6) is 0 Å². The van der Waals surface area contributed by atoms with Gasteiger partial charge in [0.05, 0.1) is 5.52 Å². The van der Waals surface area contributed by atoms with E-state index in [0.717, 1.165) is 22.9 Å². The first-order valence-electron chi connectivity index (χ1n) is 5.51. The maximum Gasteiger partial charge on any atom is 0.339 e. The van der Waals surface area contributed by atoms with E-state index in [9.17, 15) is 4.79 Å². The highest BCUT2D eigenvalue weighted by Crippen LogP contribution is 2.23. The van der Waals surface area contributed by atoms with E-state index in [1.807, 2.05) is 18.2 Å². The summed E-state index contributed by atoms with van der Waals surface area (Å²) in [6.45, 7) is 2.06. The molecule has 17 heavy (non-hydrogen) atoms. The van der Waals surface area contributed by atoms with Crippen molar-refractivity contribution in [1.82, 2.24) is 4.98 Å². The number of carboxylic acid groups (broad SMARTS) is 1. The van der Waals surface area contributed by atoms with E-state index in [2.05, 4.69) is 17.2 Å². The lowest BCUT2D eigenvalue weighted by atomic mass is 10.1. The van der Waals surface area contributed by atoms with Crippen LogP contribution in [0.25, 0.3) is 10.9 Å². The van der Waals surface area contributed by atoms with E-state index < -0.39 is 5.97 Å². The smallest absolute Gasteiger partial charge is 0.339 e. The van der Waals surface area contributed by atoms with Crippen molar-refractivity contribution in [2.24, 2.45) is 0 Å². The molecule has 1 aromatic carbocycles. The molecule has 0 bridgehead atoms. The third kappa shape index (κ3) is 1.93. The van der Waals surface area contributed by atoms with Crippen LogP contribution in [0.15, 0.2) is 24.3 Å². The fourth-order valence-corrected chi connectivity index (χ4v) is 1.90. The van der Waals surface area contributed by atoms with Crippen LogP contribution >= 0.6 is 0 Å². The molecule has 0 unspecified atom stereocenters. The number of carbonyl (C=O) groups is 1. The van der Waals surface area contributed by atoms with Crippen molar-refractivity contribution in [3.63, 3.8) is 0 Å². The lowest BCUT2D eigenvalue weighted by molar-refractivity contribution is 0.0698. The van der Waals surface area contributed by atoms with Crippen molar-refractivity contribution in [2.45, 2.75) is 13.3 Å². The van der Waals surface area contributed by atoms with Gasteiger partial charge < -0.3 is 10.4 Å². The van der Waals surface area contributed by atoms with Gasteiger partial charge in [-0.15, -0.1) is 0 Å². The number of aryl methyl sites for hydroxylation is 1. The van der Waals surface area contributed by atoms with Crippen LogP contribution < -0.4 is 5.32 Å². The predicted molar refractivity (Wildman–Crippen MR) is 67.6 cm³/mol. The summed E-state index contributed by atoms with van der Waals surface area (Å²) in [5.41, 5.74) is 2.19. The first-order valence-corrected chi connectivity index (χ1v) is 5.51. The van der Waals surface area contributed by atoms with Crippen LogP contribution in [0.4, 0.5) is 5.82 Å². The number of pyridine rings is 1. The topological polar surface area (TPSA) is 62.2 Å². The fraction of sp³-hybridized carbons (Fsp3) is 0.231. The van der Waals surface area contributed by atoms with E-state index in [1.165, 1.54) is 0 Å². The molecular weight excluding hydrogens is 216 g/mol. The Kier molecular flexibility index (Phi) is 2.95. The Morgan fingerprint density at radius 2 is 2.24 bits per heavy atom. The van der Waals surface area contributed by atoms with E-state index in [4.69, 9.17) is 5.11 Å². The molecule has 0 aliphatic heterocycles. The Morgan fingerprint density at radius 3 is 2.82 bits per heavy atom. The minimum Gasteiger partial charge on any atom is -0.478 e. The maximum absolute atomic E-state index is 11.1. The molecular formula is C13H14N2O2. The maximum atomic E-state index is 11.1. The van der Waals surface area contributed by atoms with E-state index in [0.29, 0.717) is 5.82 Å². The number of benzene rings is 1. The average Bonchev–Trinajstić information content (AvgIpc) is 2.36. The number of aromatic carboxylic acids is 1. The Balaban J connectivity index is 2.78. The second-order valence-electron chi connectivity index (χ2n) is 3.78. The summed E-state index contributed by atoms with van der Waals surface area (Å²) in [6.07, 6.45) is 0.875. The highest BCUT2D eigenvalue weighted by molar-refractivity contribution is 5.98. The van der Waals surface area contributed by atoms with Gasteiger partial charge in [-0.1, -0.05) is 25.1 Å². The lowest BCUT2D eigenvalue weighted by Crippen LogP contribution is -2.05. The van der Waals surface area contributed by atoms with Crippen molar-refractivity contribution in [3.05, 3.63) is 35.4 Å². The molecule has 4 heteroatoms. The molecule has 2 aromatic rings. The van der Waals surface area contributed by atoms with Gasteiger partial charge in [-0.3, -0.25) is 0 Å². The van der Waals surface area contributed by atoms with Gasteiger partial charge in [0.25, 0.3) is 0 Å². The molecule has 2 N–H and O–H groups in total. The van der Waals surface area contributed by atoms with Crippen molar-refractivity contribution >= 4 is 22.7 Å². The number of hydrogen-bond donors (Lipinski definition) is 2. The second kappa shape index (κ2) is 4.41. The molecule has 0 amide bonds. The number of hydrogen-bond acceptors (Lipinski definition) is 3. The summed E-state index contributed by atoms with van der Waals surface area (Å²) in [5, 5.41) is 12.8. The Labute approximate surface area is 99.3 Å². The van der Waals surface area contributed by atoms with E-state index in [1.54, 1.807) is 13.1 Å². The summed E-state index contributed by atoms with van der Waals surface area (Å²) in [4.78, 5) is 15.5. The first kappa shape index (κ1) is 11.4. The minimum atomic E-state index is -0.967. The van der Waals surface area contributed by atoms with Crippen molar-refractivity contribution in [3.8, 4) is 0 Å². The van der Waals surface area contributed by atoms with Crippen LogP contribution in [0.2, 0.25) is 0 Å². The van der Waals surface area contributed by atoms with Gasteiger partial charge in [0.1, 0.15) is 11.4 Å². The lowest BCUT2D eigenvalue weighted by Gasteiger charge is -2.09. The number of anilines is 1. The van der Waals surface area contributed by atoms with Gasteiger partial charge in [-0.2, -0.15) is 0 Å². The molecule has 0 fully saturated rings. The summed E-state index contributed by atoms with van der Waals surface area (Å²) in [7, 11) is 1.68. The highest BCUT2D eigenvalue weighted by Gasteiger charge is 2.13. The van der Waals surface area contributed by atoms with Crippen LogP contribution in [0.3, 0.4) is 0 Å². The number of nitrogens with one attached hydrogen (secondary N) is 1. The molecule has 0 saturated carbocycles. The van der Waals surface area contributed by atoms with Gasteiger partial charge in [0.2, 0.25) is 0 Å². The minimum absolute atomic E-state index is 0.202. The van der Waals surface area contributed by atoms with E-state index >= 15 is 0 Å². The van der Waals surface area contributed by atoms with Gasteiger partial charge in [-0.05, 0) is 18.1 Å². The van der Waals surface area contributed by atoms with Gasteiger partial charge in [0.15, 0.2) is 0 Å². The zero-order valence-corrected chi connectivity index (χ0v) is 9.82. The molecule has 0 spiro atoms. The number of para-hydroxylation sites is 1. The molecule has 0 atom stereocenters. The molecule has 0 saturated heterocycles. The van der Waals surface area contributed by atoms with Crippen LogP contribution in [-0.2, 0) is 6.42 Å². The van der Waals surface area contributed by atoms with Crippen LogP contribution in [0.1, 0.15) is 22.8 Å². The summed E-state index contributed by atoms with van der Waals surface area (Å²) in [5.74, 6) is -0.559. The molecule has 4 nitrogen and oxygen atoms in total. The molecule has 88 valence electrons.